The molecule has 1 saturated carbocycles. The first-order valence-corrected chi connectivity index (χ1v) is 8.82. The van der Waals surface area contributed by atoms with Crippen LogP contribution in [0.4, 0.5) is 0 Å². The van der Waals surface area contributed by atoms with Crippen LogP contribution in [0, 0.1) is 0 Å². The van der Waals surface area contributed by atoms with E-state index in [2.05, 4.69) is 12.2 Å². The number of nitrogens with zero attached hydrogens (tertiary/aromatic N) is 2. The molecule has 0 unspecified atom stereocenters. The second-order valence-electron chi connectivity index (χ2n) is 5.38. The molecule has 0 aromatic carbocycles. The summed E-state index contributed by atoms with van der Waals surface area (Å²) in [6.07, 6.45) is 4.80. The zero-order valence-electron chi connectivity index (χ0n) is 12.6. The van der Waals surface area contributed by atoms with Gasteiger partial charge in [0.25, 0.3) is 0 Å². The molecule has 0 saturated heterocycles. The van der Waals surface area contributed by atoms with E-state index < -0.39 is 10.0 Å². The van der Waals surface area contributed by atoms with Crippen molar-refractivity contribution >= 4 is 10.0 Å². The Morgan fingerprint density at radius 3 is 2.65 bits per heavy atom. The van der Waals surface area contributed by atoms with E-state index in [9.17, 15) is 8.42 Å². The van der Waals surface area contributed by atoms with Gasteiger partial charge in [0.05, 0.1) is 0 Å². The molecule has 1 N–H and O–H groups in total. The fourth-order valence-corrected chi connectivity index (χ4v) is 3.78. The molecule has 1 aliphatic rings. The molecule has 0 bridgehead atoms. The van der Waals surface area contributed by atoms with Crippen molar-refractivity contribution in [3.05, 3.63) is 18.0 Å². The smallest absolute Gasteiger partial charge is 0.244 e. The lowest BCUT2D eigenvalue weighted by Gasteiger charge is -2.14. The summed E-state index contributed by atoms with van der Waals surface area (Å²) >= 11 is 0. The lowest BCUT2D eigenvalue weighted by atomic mass is 10.4. The van der Waals surface area contributed by atoms with E-state index in [4.69, 9.17) is 0 Å². The van der Waals surface area contributed by atoms with Gasteiger partial charge in [-0.15, -0.1) is 0 Å². The highest BCUT2D eigenvalue weighted by Gasteiger charge is 2.35. The number of hydrogen-bond donors (Lipinski definition) is 1. The van der Waals surface area contributed by atoms with Crippen molar-refractivity contribution in [1.29, 1.82) is 0 Å². The quantitative estimate of drug-likeness (QED) is 0.745. The monoisotopic (exact) mass is 299 g/mol. The number of rotatable bonds is 8. The van der Waals surface area contributed by atoms with Crippen molar-refractivity contribution in [3.8, 4) is 0 Å². The predicted octanol–water partition coefficient (Wildman–Crippen LogP) is 1.79. The molecule has 0 amide bonds. The number of hydrogen-bond acceptors (Lipinski definition) is 3. The molecule has 1 aromatic rings. The van der Waals surface area contributed by atoms with Gasteiger partial charge in [0.15, 0.2) is 0 Å². The average molecular weight is 299 g/mol. The van der Waals surface area contributed by atoms with Crippen LogP contribution in [0.2, 0.25) is 0 Å². The van der Waals surface area contributed by atoms with E-state index in [-0.39, 0.29) is 6.04 Å². The fraction of sp³-hybridized carbons (Fsp3) is 0.714. The van der Waals surface area contributed by atoms with E-state index in [0.717, 1.165) is 38.0 Å². The van der Waals surface area contributed by atoms with E-state index in [0.29, 0.717) is 11.4 Å². The highest BCUT2D eigenvalue weighted by molar-refractivity contribution is 7.89. The Labute approximate surface area is 122 Å². The third-order valence-electron chi connectivity index (χ3n) is 3.77. The lowest BCUT2D eigenvalue weighted by Crippen LogP contribution is -2.28. The molecule has 1 aromatic heterocycles. The second kappa shape index (κ2) is 6.28. The third kappa shape index (κ3) is 3.24. The minimum Gasteiger partial charge on any atom is -0.349 e. The Bertz CT molecular complexity index is 547. The van der Waals surface area contributed by atoms with Crippen molar-refractivity contribution in [3.63, 3.8) is 0 Å². The molecule has 1 heterocycles. The summed E-state index contributed by atoms with van der Waals surface area (Å²) in [5.74, 6) is 0. The number of aryl methyl sites for hydroxylation is 1. The van der Waals surface area contributed by atoms with Crippen molar-refractivity contribution < 1.29 is 8.42 Å². The summed E-state index contributed by atoms with van der Waals surface area (Å²) in [7, 11) is -1.65. The van der Waals surface area contributed by atoms with E-state index in [1.54, 1.807) is 19.3 Å². The minimum atomic E-state index is -3.33. The Kier molecular flexibility index (Phi) is 4.88. The van der Waals surface area contributed by atoms with Gasteiger partial charge in [0.2, 0.25) is 10.0 Å². The maximum absolute atomic E-state index is 12.5. The molecule has 114 valence electrons. The molecule has 5 nitrogen and oxygen atoms in total. The first-order valence-electron chi connectivity index (χ1n) is 7.38. The first kappa shape index (κ1) is 15.5. The van der Waals surface area contributed by atoms with Gasteiger partial charge in [-0.2, -0.15) is 4.31 Å². The molecular weight excluding hydrogens is 274 g/mol. The van der Waals surface area contributed by atoms with Gasteiger partial charge in [0.1, 0.15) is 4.90 Å². The summed E-state index contributed by atoms with van der Waals surface area (Å²) < 4.78 is 28.6. The van der Waals surface area contributed by atoms with E-state index in [1.807, 2.05) is 11.5 Å². The zero-order valence-corrected chi connectivity index (χ0v) is 13.4. The van der Waals surface area contributed by atoms with Crippen LogP contribution in [-0.4, -0.2) is 36.9 Å². The third-order valence-corrected chi connectivity index (χ3v) is 5.65. The van der Waals surface area contributed by atoms with Crippen LogP contribution in [0.1, 0.15) is 38.8 Å². The molecule has 1 fully saturated rings. The van der Waals surface area contributed by atoms with Gasteiger partial charge >= 0.3 is 0 Å². The Balaban J connectivity index is 2.19. The molecule has 0 aliphatic heterocycles. The molecule has 1 aliphatic carbocycles. The maximum Gasteiger partial charge on any atom is 0.244 e. The van der Waals surface area contributed by atoms with Crippen molar-refractivity contribution in [2.75, 3.05) is 13.6 Å². The van der Waals surface area contributed by atoms with Crippen LogP contribution in [0.25, 0.3) is 0 Å². The molecule has 0 spiro atoms. The van der Waals surface area contributed by atoms with Crippen LogP contribution in [0.5, 0.6) is 0 Å². The molecular formula is C14H25N3O2S. The van der Waals surface area contributed by atoms with Gasteiger partial charge in [-0.25, -0.2) is 8.42 Å². The Hall–Kier alpha value is -0.850. The van der Waals surface area contributed by atoms with Crippen molar-refractivity contribution in [2.24, 2.45) is 0 Å². The van der Waals surface area contributed by atoms with Crippen molar-refractivity contribution in [2.45, 2.75) is 57.1 Å². The number of nitrogens with one attached hydrogen (secondary N) is 1. The number of sulfonamides is 1. The SMILES string of the molecule is CCCNCc1cc(S(=O)(=O)N(C)C2CC2)cn1CC. The Morgan fingerprint density at radius 1 is 1.40 bits per heavy atom. The average Bonchev–Trinajstić information content (AvgIpc) is 3.18. The van der Waals surface area contributed by atoms with E-state index in [1.165, 1.54) is 4.31 Å². The van der Waals surface area contributed by atoms with Crippen molar-refractivity contribution in [1.82, 2.24) is 14.2 Å². The summed E-state index contributed by atoms with van der Waals surface area (Å²) in [5, 5.41) is 3.33. The lowest BCUT2D eigenvalue weighted by molar-refractivity contribution is 0.464. The normalized spacial score (nSPS) is 16.0. The van der Waals surface area contributed by atoms with Gasteiger partial charge in [-0.1, -0.05) is 6.92 Å². The van der Waals surface area contributed by atoms with E-state index >= 15 is 0 Å². The largest absolute Gasteiger partial charge is 0.349 e. The first-order chi connectivity index (χ1) is 9.50. The summed E-state index contributed by atoms with van der Waals surface area (Å²) in [5.41, 5.74) is 1.03. The maximum atomic E-state index is 12.5. The highest BCUT2D eigenvalue weighted by atomic mass is 32.2. The van der Waals surface area contributed by atoms with Crippen LogP contribution >= 0.6 is 0 Å². The summed E-state index contributed by atoms with van der Waals surface area (Å²) in [6.45, 7) is 6.59. The molecule has 20 heavy (non-hydrogen) atoms. The second-order valence-corrected chi connectivity index (χ2v) is 7.38. The molecule has 0 atom stereocenters. The van der Waals surface area contributed by atoms with Gasteiger partial charge in [-0.3, -0.25) is 0 Å². The van der Waals surface area contributed by atoms with Crippen LogP contribution in [0.15, 0.2) is 17.2 Å². The number of aromatic nitrogens is 1. The zero-order chi connectivity index (χ0) is 14.8. The molecule has 0 radical (unpaired) electrons. The van der Waals surface area contributed by atoms with Crippen LogP contribution < -0.4 is 5.32 Å². The highest BCUT2D eigenvalue weighted by Crippen LogP contribution is 2.30. The summed E-state index contributed by atoms with van der Waals surface area (Å²) in [4.78, 5) is 0.419. The van der Waals surface area contributed by atoms with Gasteiger partial charge < -0.3 is 9.88 Å². The summed E-state index contributed by atoms with van der Waals surface area (Å²) in [6, 6.07) is 2.01. The predicted molar refractivity (Wildman–Crippen MR) is 80.1 cm³/mol. The van der Waals surface area contributed by atoms with Crippen LogP contribution in [-0.2, 0) is 23.1 Å². The van der Waals surface area contributed by atoms with Gasteiger partial charge in [-0.05, 0) is 38.8 Å². The minimum absolute atomic E-state index is 0.201. The Morgan fingerprint density at radius 2 is 2.10 bits per heavy atom. The van der Waals surface area contributed by atoms with Gasteiger partial charge in [0, 0.05) is 38.1 Å². The molecule has 6 heteroatoms. The molecule has 2 rings (SSSR count). The topological polar surface area (TPSA) is 54.3 Å². The van der Waals surface area contributed by atoms with Crippen LogP contribution in [0.3, 0.4) is 0 Å². The fourth-order valence-electron chi connectivity index (χ4n) is 2.30. The standard InChI is InChI=1S/C14H25N3O2S/c1-4-8-15-10-13-9-14(11-17(13)5-2)20(18,19)16(3)12-6-7-12/h9,11-12,15H,4-8,10H2,1-3H3.